The van der Waals surface area contributed by atoms with Crippen LogP contribution in [0.15, 0.2) is 52.1 Å². The fraction of sp³-hybridized carbons (Fsp3) is 0.238. The van der Waals surface area contributed by atoms with Gasteiger partial charge in [0.15, 0.2) is 5.69 Å². The SMILES string of the molecule is CCOc1ccc(Br)c(C2Oc3nc(SC)nnc3-c3ccccc3N2C(C)=O)c1. The molecule has 1 aromatic heterocycles. The first-order valence-corrected chi connectivity index (χ1v) is 11.3. The molecule has 1 unspecified atom stereocenters. The molecule has 7 nitrogen and oxygen atoms in total. The monoisotopic (exact) mass is 486 g/mol. The number of benzene rings is 2. The zero-order chi connectivity index (χ0) is 21.3. The average Bonchev–Trinajstić information content (AvgIpc) is 2.89. The second kappa shape index (κ2) is 8.61. The van der Waals surface area contributed by atoms with Crippen LogP contribution in [0.4, 0.5) is 5.69 Å². The van der Waals surface area contributed by atoms with Gasteiger partial charge in [0.25, 0.3) is 0 Å². The molecule has 0 radical (unpaired) electrons. The molecule has 0 spiro atoms. The number of hydrogen-bond acceptors (Lipinski definition) is 7. The normalized spacial score (nSPS) is 14.9. The Balaban J connectivity index is 1.96. The molecule has 0 saturated carbocycles. The van der Waals surface area contributed by atoms with E-state index in [-0.39, 0.29) is 5.91 Å². The van der Waals surface area contributed by atoms with E-state index in [9.17, 15) is 4.79 Å². The lowest BCUT2D eigenvalue weighted by Gasteiger charge is -2.30. The predicted molar refractivity (Wildman–Crippen MR) is 119 cm³/mol. The Labute approximate surface area is 186 Å². The van der Waals surface area contributed by atoms with Gasteiger partial charge in [0.05, 0.1) is 12.3 Å². The van der Waals surface area contributed by atoms with E-state index in [2.05, 4.69) is 31.1 Å². The van der Waals surface area contributed by atoms with Crippen LogP contribution in [-0.2, 0) is 4.79 Å². The maximum Gasteiger partial charge on any atom is 0.247 e. The zero-order valence-electron chi connectivity index (χ0n) is 16.6. The third-order valence-corrected chi connectivity index (χ3v) is 5.84. The number of aromatic nitrogens is 3. The minimum atomic E-state index is -0.772. The van der Waals surface area contributed by atoms with Gasteiger partial charge in [-0.15, -0.1) is 10.2 Å². The number of nitrogens with zero attached hydrogens (tertiary/aromatic N) is 4. The van der Waals surface area contributed by atoms with Gasteiger partial charge in [0.2, 0.25) is 23.2 Å². The summed E-state index contributed by atoms with van der Waals surface area (Å²) in [6, 6.07) is 13.1. The van der Waals surface area contributed by atoms with Crippen molar-refractivity contribution in [2.24, 2.45) is 0 Å². The largest absolute Gasteiger partial charge is 0.494 e. The van der Waals surface area contributed by atoms with Crippen LogP contribution in [0.2, 0.25) is 0 Å². The molecule has 0 fully saturated rings. The van der Waals surface area contributed by atoms with Crippen molar-refractivity contribution < 1.29 is 14.3 Å². The molecule has 30 heavy (non-hydrogen) atoms. The molecule has 154 valence electrons. The van der Waals surface area contributed by atoms with Crippen LogP contribution in [0.5, 0.6) is 11.6 Å². The van der Waals surface area contributed by atoms with Crippen molar-refractivity contribution in [1.29, 1.82) is 0 Å². The number of para-hydroxylation sites is 1. The Kier molecular flexibility index (Phi) is 5.92. The lowest BCUT2D eigenvalue weighted by Crippen LogP contribution is -2.36. The van der Waals surface area contributed by atoms with E-state index in [1.165, 1.54) is 18.7 Å². The van der Waals surface area contributed by atoms with Crippen molar-refractivity contribution in [3.8, 4) is 22.9 Å². The maximum atomic E-state index is 12.8. The van der Waals surface area contributed by atoms with Gasteiger partial charge in [-0.1, -0.05) is 45.9 Å². The summed E-state index contributed by atoms with van der Waals surface area (Å²) in [5, 5.41) is 9.00. The first-order chi connectivity index (χ1) is 14.5. The van der Waals surface area contributed by atoms with Crippen molar-refractivity contribution in [3.63, 3.8) is 0 Å². The molecule has 4 rings (SSSR count). The Morgan fingerprint density at radius 1 is 1.27 bits per heavy atom. The van der Waals surface area contributed by atoms with Crippen LogP contribution in [0.1, 0.15) is 25.6 Å². The van der Waals surface area contributed by atoms with Gasteiger partial charge < -0.3 is 9.47 Å². The molecule has 1 aliphatic heterocycles. The number of amides is 1. The van der Waals surface area contributed by atoms with E-state index in [1.54, 1.807) is 4.90 Å². The van der Waals surface area contributed by atoms with Gasteiger partial charge in [0, 0.05) is 22.5 Å². The summed E-state index contributed by atoms with van der Waals surface area (Å²) in [5.41, 5.74) is 2.64. The van der Waals surface area contributed by atoms with Crippen LogP contribution in [-0.4, -0.2) is 34.0 Å². The van der Waals surface area contributed by atoms with Crippen molar-refractivity contribution in [3.05, 3.63) is 52.5 Å². The van der Waals surface area contributed by atoms with Gasteiger partial charge in [-0.2, -0.15) is 4.98 Å². The molecule has 9 heteroatoms. The highest BCUT2D eigenvalue weighted by Crippen LogP contribution is 2.44. The number of fused-ring (bicyclic) bond motifs is 3. The summed E-state index contributed by atoms with van der Waals surface area (Å²) < 4.78 is 12.8. The number of ether oxygens (including phenoxy) is 2. The topological polar surface area (TPSA) is 77.4 Å². The van der Waals surface area contributed by atoms with Crippen molar-refractivity contribution >= 4 is 39.3 Å². The van der Waals surface area contributed by atoms with Crippen LogP contribution in [0, 0.1) is 0 Å². The first-order valence-electron chi connectivity index (χ1n) is 9.30. The summed E-state index contributed by atoms with van der Waals surface area (Å²) in [6.07, 6.45) is 1.10. The molecule has 3 aromatic rings. The number of halogens is 1. The minimum Gasteiger partial charge on any atom is -0.494 e. The highest BCUT2D eigenvalue weighted by molar-refractivity contribution is 9.10. The van der Waals surface area contributed by atoms with Gasteiger partial charge >= 0.3 is 0 Å². The third-order valence-electron chi connectivity index (χ3n) is 4.58. The third kappa shape index (κ3) is 3.75. The Morgan fingerprint density at radius 2 is 2.07 bits per heavy atom. The Hall–Kier alpha value is -2.65. The number of thioether (sulfide) groups is 1. The minimum absolute atomic E-state index is 0.174. The Bertz CT molecular complexity index is 1110. The van der Waals surface area contributed by atoms with Gasteiger partial charge in [-0.25, -0.2) is 0 Å². The standard InChI is InChI=1S/C21H19BrN4O3S/c1-4-28-13-9-10-16(22)15(11-13)20-26(12(2)27)17-8-6-5-7-14(17)18-19(29-20)23-21(30-3)25-24-18/h5-11,20H,4H2,1-3H3. The van der Waals surface area contributed by atoms with Gasteiger partial charge in [0.1, 0.15) is 5.75 Å². The molecule has 1 amide bonds. The van der Waals surface area contributed by atoms with Crippen molar-refractivity contribution in [1.82, 2.24) is 15.2 Å². The van der Waals surface area contributed by atoms with Crippen LogP contribution in [0.3, 0.4) is 0 Å². The van der Waals surface area contributed by atoms with E-state index in [0.717, 1.165) is 15.6 Å². The molecule has 1 atom stereocenters. The molecular weight excluding hydrogens is 468 g/mol. The molecule has 0 N–H and O–H groups in total. The smallest absolute Gasteiger partial charge is 0.247 e. The van der Waals surface area contributed by atoms with Crippen LogP contribution >= 0.6 is 27.7 Å². The summed E-state index contributed by atoms with van der Waals surface area (Å²) in [4.78, 5) is 19.0. The molecule has 0 aliphatic carbocycles. The number of carbonyl (C=O) groups excluding carboxylic acids is 1. The predicted octanol–water partition coefficient (Wildman–Crippen LogP) is 4.87. The van der Waals surface area contributed by atoms with Gasteiger partial charge in [-0.05, 0) is 37.4 Å². The number of hydrogen-bond donors (Lipinski definition) is 0. The van der Waals surface area contributed by atoms with E-state index in [4.69, 9.17) is 9.47 Å². The lowest BCUT2D eigenvalue weighted by molar-refractivity contribution is -0.118. The van der Waals surface area contributed by atoms with Gasteiger partial charge in [-0.3, -0.25) is 9.69 Å². The zero-order valence-corrected chi connectivity index (χ0v) is 19.0. The molecule has 2 heterocycles. The number of anilines is 1. The number of carbonyl (C=O) groups is 1. The fourth-order valence-corrected chi connectivity index (χ4v) is 4.05. The summed E-state index contributed by atoms with van der Waals surface area (Å²) in [7, 11) is 0. The molecule has 0 saturated heterocycles. The quantitative estimate of drug-likeness (QED) is 0.486. The second-order valence-electron chi connectivity index (χ2n) is 6.44. The summed E-state index contributed by atoms with van der Waals surface area (Å²) >= 11 is 4.97. The van der Waals surface area contributed by atoms with Crippen LogP contribution < -0.4 is 14.4 Å². The highest BCUT2D eigenvalue weighted by atomic mass is 79.9. The molecule has 1 aliphatic rings. The van der Waals surface area contributed by atoms with E-state index in [0.29, 0.717) is 34.8 Å². The average molecular weight is 487 g/mol. The second-order valence-corrected chi connectivity index (χ2v) is 8.07. The molecular formula is C21H19BrN4O3S. The van der Waals surface area contributed by atoms with Crippen molar-refractivity contribution in [2.45, 2.75) is 25.2 Å². The molecule has 2 aromatic carbocycles. The lowest BCUT2D eigenvalue weighted by atomic mass is 10.1. The first kappa shape index (κ1) is 20.6. The fourth-order valence-electron chi connectivity index (χ4n) is 3.31. The van der Waals surface area contributed by atoms with E-state index >= 15 is 0 Å². The summed E-state index contributed by atoms with van der Waals surface area (Å²) in [5.74, 6) is 0.836. The van der Waals surface area contributed by atoms with Crippen LogP contribution in [0.25, 0.3) is 11.3 Å². The maximum absolute atomic E-state index is 12.8. The Morgan fingerprint density at radius 3 is 2.80 bits per heavy atom. The van der Waals surface area contributed by atoms with E-state index < -0.39 is 6.23 Å². The highest BCUT2D eigenvalue weighted by Gasteiger charge is 2.35. The van der Waals surface area contributed by atoms with Crippen molar-refractivity contribution in [2.75, 3.05) is 17.8 Å². The number of rotatable bonds is 4. The van der Waals surface area contributed by atoms with E-state index in [1.807, 2.05) is 55.6 Å². The molecule has 0 bridgehead atoms. The summed E-state index contributed by atoms with van der Waals surface area (Å²) in [6.45, 7) is 3.96.